The van der Waals surface area contributed by atoms with Gasteiger partial charge in [0.15, 0.2) is 0 Å². The average Bonchev–Trinajstić information content (AvgIpc) is 2.03. The minimum absolute atomic E-state index is 0.222. The lowest BCUT2D eigenvalue weighted by atomic mass is 10.2. The van der Waals surface area contributed by atoms with Gasteiger partial charge < -0.3 is 19.4 Å². The van der Waals surface area contributed by atoms with Crippen molar-refractivity contribution in [2.75, 3.05) is 7.11 Å². The third-order valence-electron chi connectivity index (χ3n) is 1.18. The fourth-order valence-electron chi connectivity index (χ4n) is 0.597. The number of hydrogen-bond acceptors (Lipinski definition) is 3. The van der Waals surface area contributed by atoms with Crippen molar-refractivity contribution in [2.24, 2.45) is 0 Å². The van der Waals surface area contributed by atoms with Crippen LogP contribution in [0.4, 0.5) is 0 Å². The standard InChI is InChI=1S/C7H12O2.H3O4P/c1-4-6(5-2)7(8)9-3;1-5(2,3)4/h4H,5H2,1-3H3;(H3,1,2,3,4). The predicted octanol–water partition coefficient (Wildman–Crippen LogP) is 0.587. The van der Waals surface area contributed by atoms with Gasteiger partial charge in [0.1, 0.15) is 0 Å². The zero-order valence-electron chi connectivity index (χ0n) is 8.30. The van der Waals surface area contributed by atoms with Gasteiger partial charge in [-0.3, -0.25) is 0 Å². The minimum atomic E-state index is -4.64. The molecule has 0 aromatic heterocycles. The van der Waals surface area contributed by atoms with Gasteiger partial charge in [-0.15, -0.1) is 0 Å². The molecule has 0 fully saturated rings. The summed E-state index contributed by atoms with van der Waals surface area (Å²) in [5.41, 5.74) is 0.734. The fourth-order valence-corrected chi connectivity index (χ4v) is 0.597. The topological polar surface area (TPSA) is 104 Å². The number of rotatable bonds is 2. The summed E-state index contributed by atoms with van der Waals surface area (Å²) in [5, 5.41) is 0. The molecule has 0 aliphatic rings. The quantitative estimate of drug-likeness (QED) is 0.361. The predicted molar refractivity (Wildman–Crippen MR) is 50.3 cm³/mol. The van der Waals surface area contributed by atoms with E-state index in [1.807, 2.05) is 13.8 Å². The second kappa shape index (κ2) is 7.70. The summed E-state index contributed by atoms with van der Waals surface area (Å²) in [5.74, 6) is -0.222. The molecule has 7 heteroatoms. The maximum Gasteiger partial charge on any atom is 0.466 e. The Morgan fingerprint density at radius 2 is 1.79 bits per heavy atom. The van der Waals surface area contributed by atoms with Gasteiger partial charge in [-0.25, -0.2) is 9.36 Å². The van der Waals surface area contributed by atoms with Gasteiger partial charge in [-0.1, -0.05) is 13.0 Å². The van der Waals surface area contributed by atoms with E-state index in [-0.39, 0.29) is 5.97 Å². The molecule has 0 unspecified atom stereocenters. The Labute approximate surface area is 82.5 Å². The molecule has 0 rings (SSSR count). The van der Waals surface area contributed by atoms with E-state index in [1.54, 1.807) is 6.08 Å². The van der Waals surface area contributed by atoms with Crippen LogP contribution in [0, 0.1) is 0 Å². The van der Waals surface area contributed by atoms with E-state index in [2.05, 4.69) is 4.74 Å². The van der Waals surface area contributed by atoms with E-state index in [0.717, 1.165) is 12.0 Å². The van der Waals surface area contributed by atoms with Crippen molar-refractivity contribution >= 4 is 13.8 Å². The first kappa shape index (κ1) is 15.8. The number of hydrogen-bond donors (Lipinski definition) is 3. The van der Waals surface area contributed by atoms with E-state index >= 15 is 0 Å². The highest BCUT2D eigenvalue weighted by Crippen LogP contribution is 2.25. The first-order valence-electron chi connectivity index (χ1n) is 3.78. The van der Waals surface area contributed by atoms with Gasteiger partial charge in [0.25, 0.3) is 0 Å². The van der Waals surface area contributed by atoms with Crippen LogP contribution in [-0.4, -0.2) is 27.8 Å². The summed E-state index contributed by atoms with van der Waals surface area (Å²) in [7, 11) is -3.25. The summed E-state index contributed by atoms with van der Waals surface area (Å²) >= 11 is 0. The first-order valence-corrected chi connectivity index (χ1v) is 5.34. The van der Waals surface area contributed by atoms with Crippen LogP contribution in [0.3, 0.4) is 0 Å². The molecule has 0 atom stereocenters. The number of carbonyl (C=O) groups is 1. The third-order valence-corrected chi connectivity index (χ3v) is 1.18. The number of allylic oxidation sites excluding steroid dienone is 1. The molecule has 0 saturated heterocycles. The van der Waals surface area contributed by atoms with Gasteiger partial charge in [0.2, 0.25) is 0 Å². The molecule has 0 aromatic carbocycles. The number of ether oxygens (including phenoxy) is 1. The zero-order valence-corrected chi connectivity index (χ0v) is 9.19. The molecule has 84 valence electrons. The highest BCUT2D eigenvalue weighted by atomic mass is 31.2. The van der Waals surface area contributed by atoms with Crippen molar-refractivity contribution in [3.8, 4) is 0 Å². The van der Waals surface area contributed by atoms with Gasteiger partial charge in [-0.05, 0) is 13.3 Å². The third kappa shape index (κ3) is 13.9. The van der Waals surface area contributed by atoms with Crippen molar-refractivity contribution in [1.82, 2.24) is 0 Å². The minimum Gasteiger partial charge on any atom is -0.466 e. The monoisotopic (exact) mass is 226 g/mol. The summed E-state index contributed by atoms with van der Waals surface area (Å²) in [6.45, 7) is 3.75. The molecule has 0 aliphatic heterocycles. The summed E-state index contributed by atoms with van der Waals surface area (Å²) in [6, 6.07) is 0. The molecule has 0 bridgehead atoms. The van der Waals surface area contributed by atoms with Gasteiger partial charge in [0.05, 0.1) is 7.11 Å². The van der Waals surface area contributed by atoms with Crippen molar-refractivity contribution in [3.05, 3.63) is 11.6 Å². The smallest absolute Gasteiger partial charge is 0.466 e. The Morgan fingerprint density at radius 3 is 1.86 bits per heavy atom. The molecule has 0 amide bonds. The van der Waals surface area contributed by atoms with Crippen molar-refractivity contribution in [2.45, 2.75) is 20.3 Å². The lowest BCUT2D eigenvalue weighted by Crippen LogP contribution is -2.02. The second-order valence-corrected chi connectivity index (χ2v) is 3.20. The number of esters is 1. The van der Waals surface area contributed by atoms with Crippen LogP contribution in [0.1, 0.15) is 20.3 Å². The van der Waals surface area contributed by atoms with Crippen LogP contribution < -0.4 is 0 Å². The molecule has 0 aliphatic carbocycles. The SMILES string of the molecule is CC=C(CC)C(=O)OC.O=P(O)(O)O. The zero-order chi connectivity index (χ0) is 11.8. The second-order valence-electron chi connectivity index (χ2n) is 2.17. The lowest BCUT2D eigenvalue weighted by Gasteiger charge is -1.98. The molecule has 0 saturated carbocycles. The summed E-state index contributed by atoms with van der Waals surface area (Å²) < 4.78 is 13.4. The lowest BCUT2D eigenvalue weighted by molar-refractivity contribution is -0.136. The largest absolute Gasteiger partial charge is 0.466 e. The van der Waals surface area contributed by atoms with Crippen molar-refractivity contribution in [3.63, 3.8) is 0 Å². The molecule has 0 spiro atoms. The van der Waals surface area contributed by atoms with Crippen molar-refractivity contribution < 1.29 is 28.8 Å². The molecular weight excluding hydrogens is 211 g/mol. The van der Waals surface area contributed by atoms with E-state index in [0.29, 0.717) is 0 Å². The molecule has 14 heavy (non-hydrogen) atoms. The molecule has 6 nitrogen and oxygen atoms in total. The highest BCUT2D eigenvalue weighted by Gasteiger charge is 2.03. The Morgan fingerprint density at radius 1 is 1.43 bits per heavy atom. The summed E-state index contributed by atoms with van der Waals surface area (Å²) in [6.07, 6.45) is 2.51. The number of methoxy groups -OCH3 is 1. The maximum atomic E-state index is 10.7. The van der Waals surface area contributed by atoms with E-state index in [4.69, 9.17) is 19.2 Å². The Balaban J connectivity index is 0. The van der Waals surface area contributed by atoms with Gasteiger partial charge in [-0.2, -0.15) is 0 Å². The normalized spacial score (nSPS) is 11.4. The van der Waals surface area contributed by atoms with E-state index < -0.39 is 7.82 Å². The summed E-state index contributed by atoms with van der Waals surface area (Å²) in [4.78, 5) is 32.2. The van der Waals surface area contributed by atoms with Crippen LogP contribution in [0.2, 0.25) is 0 Å². The molecule has 0 aromatic rings. The fraction of sp³-hybridized carbons (Fsp3) is 0.571. The first-order chi connectivity index (χ1) is 6.26. The van der Waals surface area contributed by atoms with E-state index in [9.17, 15) is 4.79 Å². The van der Waals surface area contributed by atoms with Crippen LogP contribution in [0.15, 0.2) is 11.6 Å². The van der Waals surface area contributed by atoms with Crippen LogP contribution in [-0.2, 0) is 14.1 Å². The van der Waals surface area contributed by atoms with Gasteiger partial charge in [0, 0.05) is 5.57 Å². The Hall–Kier alpha value is -0.680. The molecule has 0 radical (unpaired) electrons. The Bertz CT molecular complexity index is 232. The molecule has 3 N–H and O–H groups in total. The highest BCUT2D eigenvalue weighted by molar-refractivity contribution is 7.45. The molecular formula is C7H15O6P. The maximum absolute atomic E-state index is 10.7. The van der Waals surface area contributed by atoms with Crippen molar-refractivity contribution in [1.29, 1.82) is 0 Å². The number of phosphoric acid groups is 1. The van der Waals surface area contributed by atoms with Gasteiger partial charge >= 0.3 is 13.8 Å². The molecule has 0 heterocycles. The number of carbonyl (C=O) groups excluding carboxylic acids is 1. The van der Waals surface area contributed by atoms with E-state index in [1.165, 1.54) is 7.11 Å². The average molecular weight is 226 g/mol. The van der Waals surface area contributed by atoms with Crippen LogP contribution in [0.5, 0.6) is 0 Å². The Kier molecular flexibility index (Phi) is 8.68. The van der Waals surface area contributed by atoms with Crippen LogP contribution in [0.25, 0.3) is 0 Å². The van der Waals surface area contributed by atoms with Crippen LogP contribution >= 0.6 is 7.82 Å².